The van der Waals surface area contributed by atoms with Gasteiger partial charge in [-0.15, -0.1) is 0 Å². The number of carbonyl (C=O) groups excluding carboxylic acids is 3. The number of halogens is 3. The van der Waals surface area contributed by atoms with Crippen LogP contribution in [0.15, 0.2) is 0 Å². The van der Waals surface area contributed by atoms with Crippen molar-refractivity contribution in [1.82, 2.24) is 10.6 Å². The van der Waals surface area contributed by atoms with Crippen LogP contribution in [0.5, 0.6) is 0 Å². The Kier molecular flexibility index (Phi) is 7.34. The number of pyridine rings is 1. The van der Waals surface area contributed by atoms with Crippen LogP contribution in [-0.2, 0) is 9.53 Å². The van der Waals surface area contributed by atoms with Crippen molar-refractivity contribution in [2.75, 3.05) is 18.9 Å². The van der Waals surface area contributed by atoms with E-state index in [-0.39, 0.29) is 26.6 Å². The van der Waals surface area contributed by atoms with E-state index in [1.54, 1.807) is 0 Å². The van der Waals surface area contributed by atoms with Crippen molar-refractivity contribution in [2.45, 2.75) is 13.3 Å². The number of amides is 3. The lowest BCUT2D eigenvalue weighted by molar-refractivity contribution is -0.380. The van der Waals surface area contributed by atoms with Crippen LogP contribution in [0.25, 0.3) is 0 Å². The topological polar surface area (TPSA) is 125 Å². The first-order chi connectivity index (χ1) is 10.8. The summed E-state index contributed by atoms with van der Waals surface area (Å²) >= 11 is 17.4. The van der Waals surface area contributed by atoms with Gasteiger partial charge in [0.25, 0.3) is 11.1 Å². The molecule has 0 bridgehead atoms. The molecular formula is C12H14Cl3N4O4+. The van der Waals surface area contributed by atoms with Gasteiger partial charge in [0.05, 0.1) is 5.69 Å². The third-order valence-corrected chi connectivity index (χ3v) is 3.61. The summed E-state index contributed by atoms with van der Waals surface area (Å²) in [4.78, 5) is 37.0. The summed E-state index contributed by atoms with van der Waals surface area (Å²) in [7, 11) is 0. The average Bonchev–Trinajstić information content (AvgIpc) is 2.52. The molecule has 1 aromatic heterocycles. The number of ether oxygens (including phenoxy) is 1. The Hall–Kier alpha value is -1.77. The molecule has 0 saturated carbocycles. The predicted molar refractivity (Wildman–Crippen MR) is 84.6 cm³/mol. The number of aromatic nitrogens is 1. The second-order valence-corrected chi connectivity index (χ2v) is 5.37. The summed E-state index contributed by atoms with van der Waals surface area (Å²) < 4.78 is 4.72. The van der Waals surface area contributed by atoms with E-state index in [0.717, 1.165) is 0 Å². The number of nitrogens with two attached hydrogens (primary N) is 1. The molecule has 0 unspecified atom stereocenters. The second-order valence-electron chi connectivity index (χ2n) is 4.24. The third-order valence-electron chi connectivity index (χ3n) is 2.45. The monoisotopic (exact) mass is 383 g/mol. The molecule has 0 spiro atoms. The molecule has 0 aromatic carbocycles. The number of nitrogens with one attached hydrogen (secondary N) is 3. The molecule has 23 heavy (non-hydrogen) atoms. The van der Waals surface area contributed by atoms with Crippen molar-refractivity contribution in [2.24, 2.45) is 0 Å². The van der Waals surface area contributed by atoms with Gasteiger partial charge in [0.15, 0.2) is 6.61 Å². The quantitative estimate of drug-likeness (QED) is 0.523. The minimum Gasteiger partial charge on any atom is -0.448 e. The minimum atomic E-state index is -0.982. The van der Waals surface area contributed by atoms with Crippen molar-refractivity contribution < 1.29 is 24.1 Å². The zero-order valence-corrected chi connectivity index (χ0v) is 14.2. The van der Waals surface area contributed by atoms with Crippen LogP contribution in [0.2, 0.25) is 15.2 Å². The Morgan fingerprint density at radius 1 is 1.22 bits per heavy atom. The molecule has 3 amide bonds. The molecule has 0 radical (unpaired) electrons. The fourth-order valence-corrected chi connectivity index (χ4v) is 1.96. The van der Waals surface area contributed by atoms with Crippen LogP contribution in [-0.4, -0.2) is 31.1 Å². The number of esters is 1. The summed E-state index contributed by atoms with van der Waals surface area (Å²) in [5.74, 6) is -1.79. The third kappa shape index (κ3) is 5.42. The van der Waals surface area contributed by atoms with Crippen LogP contribution in [0, 0.1) is 0 Å². The lowest BCUT2D eigenvalue weighted by Gasteiger charge is -2.06. The van der Waals surface area contributed by atoms with Gasteiger partial charge in [-0.3, -0.25) is 10.1 Å². The Balaban J connectivity index is 2.64. The fourth-order valence-electron chi connectivity index (χ4n) is 1.36. The maximum Gasteiger partial charge on any atom is 0.405 e. The Labute approximate surface area is 146 Å². The summed E-state index contributed by atoms with van der Waals surface area (Å²) in [5, 5.41) is 4.07. The van der Waals surface area contributed by atoms with E-state index < -0.39 is 24.5 Å². The second kappa shape index (κ2) is 8.76. The number of aromatic amines is 1. The number of urea groups is 1. The van der Waals surface area contributed by atoms with Crippen LogP contribution < -0.4 is 21.4 Å². The van der Waals surface area contributed by atoms with Gasteiger partial charge in [0, 0.05) is 6.54 Å². The van der Waals surface area contributed by atoms with Gasteiger partial charge in [0.1, 0.15) is 10.0 Å². The molecule has 0 aliphatic heterocycles. The van der Waals surface area contributed by atoms with E-state index in [0.29, 0.717) is 13.0 Å². The number of carbonyl (C=O) groups is 3. The highest BCUT2D eigenvalue weighted by atomic mass is 35.5. The maximum atomic E-state index is 11.9. The lowest BCUT2D eigenvalue weighted by Crippen LogP contribution is -2.41. The number of rotatable bonds is 5. The first kappa shape index (κ1) is 19.3. The first-order valence-corrected chi connectivity index (χ1v) is 7.51. The van der Waals surface area contributed by atoms with Crippen molar-refractivity contribution in [3.63, 3.8) is 0 Å². The number of imide groups is 1. The average molecular weight is 385 g/mol. The summed E-state index contributed by atoms with van der Waals surface area (Å²) in [6.45, 7) is 1.57. The van der Waals surface area contributed by atoms with Crippen molar-refractivity contribution in [3.8, 4) is 0 Å². The molecule has 0 aliphatic rings. The smallest absolute Gasteiger partial charge is 0.405 e. The van der Waals surface area contributed by atoms with Crippen LogP contribution >= 0.6 is 34.8 Å². The molecule has 0 aliphatic carbocycles. The Morgan fingerprint density at radius 2 is 1.87 bits per heavy atom. The van der Waals surface area contributed by atoms with Crippen molar-refractivity contribution in [3.05, 3.63) is 20.9 Å². The summed E-state index contributed by atoms with van der Waals surface area (Å²) in [5.41, 5.74) is 5.21. The highest BCUT2D eigenvalue weighted by Crippen LogP contribution is 2.32. The number of H-pyrrole nitrogens is 1. The van der Waals surface area contributed by atoms with E-state index in [4.69, 9.17) is 45.3 Å². The standard InChI is InChI=1S/C12H13Cl3N4O4/c1-2-3-17-12(22)18-5(20)4-23-11(21)9-6(13)8(16)7(14)10(15)19-9/h2-4H2,1H3,(H2,16,19)(H2,17,18,20,22)/p+1. The molecule has 1 heterocycles. The lowest BCUT2D eigenvalue weighted by atomic mass is 10.3. The number of nitrogen functional groups attached to an aromatic ring is 1. The van der Waals surface area contributed by atoms with Crippen molar-refractivity contribution in [1.29, 1.82) is 0 Å². The molecular weight excluding hydrogens is 371 g/mol. The molecule has 8 nitrogen and oxygen atoms in total. The van der Waals surface area contributed by atoms with E-state index in [1.165, 1.54) is 0 Å². The van der Waals surface area contributed by atoms with E-state index in [9.17, 15) is 14.4 Å². The number of anilines is 1. The van der Waals surface area contributed by atoms with E-state index in [1.807, 2.05) is 12.2 Å². The molecule has 0 fully saturated rings. The SMILES string of the molecule is CCCNC(=O)NC(=O)COC(=O)c1[nH+]c(Cl)c(Cl)c(N)c1Cl. The highest BCUT2D eigenvalue weighted by Gasteiger charge is 2.27. The Bertz CT molecular complexity index is 639. The van der Waals surface area contributed by atoms with Crippen LogP contribution in [0.1, 0.15) is 23.8 Å². The van der Waals surface area contributed by atoms with Gasteiger partial charge in [-0.1, -0.05) is 30.1 Å². The van der Waals surface area contributed by atoms with Gasteiger partial charge in [-0.05, 0) is 18.0 Å². The van der Waals surface area contributed by atoms with Gasteiger partial charge >= 0.3 is 17.7 Å². The van der Waals surface area contributed by atoms with Crippen LogP contribution in [0.3, 0.4) is 0 Å². The molecule has 126 valence electrons. The van der Waals surface area contributed by atoms with Gasteiger partial charge in [0.2, 0.25) is 0 Å². The molecule has 0 saturated heterocycles. The van der Waals surface area contributed by atoms with Gasteiger partial charge in [-0.2, -0.15) is 4.98 Å². The van der Waals surface area contributed by atoms with E-state index >= 15 is 0 Å². The maximum absolute atomic E-state index is 11.9. The highest BCUT2D eigenvalue weighted by molar-refractivity contribution is 6.45. The molecule has 1 aromatic rings. The summed E-state index contributed by atoms with van der Waals surface area (Å²) in [6, 6.07) is -0.684. The summed E-state index contributed by atoms with van der Waals surface area (Å²) in [6.07, 6.45) is 0.712. The molecule has 11 heteroatoms. The van der Waals surface area contributed by atoms with Crippen molar-refractivity contribution >= 4 is 58.4 Å². The van der Waals surface area contributed by atoms with E-state index in [2.05, 4.69) is 10.3 Å². The fraction of sp³-hybridized carbons (Fsp3) is 0.333. The van der Waals surface area contributed by atoms with Gasteiger partial charge < -0.3 is 15.8 Å². The van der Waals surface area contributed by atoms with Crippen LogP contribution in [0.4, 0.5) is 10.5 Å². The minimum absolute atomic E-state index is 0.0430. The first-order valence-electron chi connectivity index (χ1n) is 6.38. The number of hydrogen-bond donors (Lipinski definition) is 3. The normalized spacial score (nSPS) is 10.1. The molecule has 5 N–H and O–H groups in total. The zero-order chi connectivity index (χ0) is 17.6. The number of hydrogen-bond acceptors (Lipinski definition) is 5. The predicted octanol–water partition coefficient (Wildman–Crippen LogP) is 1.44. The zero-order valence-electron chi connectivity index (χ0n) is 12.0. The molecule has 1 rings (SSSR count). The Morgan fingerprint density at radius 3 is 2.48 bits per heavy atom. The molecule has 0 atom stereocenters. The van der Waals surface area contributed by atoms with Gasteiger partial charge in [-0.25, -0.2) is 9.59 Å². The largest absolute Gasteiger partial charge is 0.448 e.